The monoisotopic (exact) mass is 316 g/mol. The van der Waals surface area contributed by atoms with Crippen LogP contribution in [0.1, 0.15) is 12.0 Å². The van der Waals surface area contributed by atoms with Gasteiger partial charge < -0.3 is 0 Å². The molecule has 0 bridgehead atoms. The van der Waals surface area contributed by atoms with Crippen molar-refractivity contribution in [1.29, 1.82) is 0 Å². The Bertz CT molecular complexity index is 511. The quantitative estimate of drug-likeness (QED) is 0.618. The minimum absolute atomic E-state index is 0.101. The van der Waals surface area contributed by atoms with Crippen molar-refractivity contribution in [3.05, 3.63) is 29.8 Å². The molecule has 1 aromatic rings. The third kappa shape index (κ3) is 5.00. The topological polar surface area (TPSA) is 43.4 Å². The van der Waals surface area contributed by atoms with Crippen LogP contribution in [0.5, 0.6) is 0 Å². The highest BCUT2D eigenvalue weighted by Gasteiger charge is 2.37. The van der Waals surface area contributed by atoms with Crippen LogP contribution in [0.4, 0.5) is 13.2 Å². The molecular weight excluding hydrogens is 305 g/mol. The van der Waals surface area contributed by atoms with E-state index in [-0.39, 0.29) is 4.90 Å². The van der Waals surface area contributed by atoms with Crippen LogP contribution in [0.25, 0.3) is 0 Å². The van der Waals surface area contributed by atoms with Gasteiger partial charge in [-0.05, 0) is 25.5 Å². The Morgan fingerprint density at radius 2 is 1.79 bits per heavy atom. The van der Waals surface area contributed by atoms with Crippen LogP contribution in [0, 0.1) is 6.92 Å². The van der Waals surface area contributed by atoms with Gasteiger partial charge in [-0.2, -0.15) is 21.6 Å². The summed E-state index contributed by atoms with van der Waals surface area (Å²) in [5.74, 6) is 0. The first-order valence-corrected chi connectivity index (χ1v) is 7.14. The number of benzene rings is 1. The minimum atomic E-state index is -4.57. The summed E-state index contributed by atoms with van der Waals surface area (Å²) in [6.45, 7) is 1.16. The zero-order valence-electron chi connectivity index (χ0n) is 9.95. The number of halogens is 4. The molecule has 0 spiro atoms. The van der Waals surface area contributed by atoms with E-state index in [2.05, 4.69) is 4.18 Å². The second-order valence-corrected chi connectivity index (χ2v) is 6.03. The number of hydrogen-bond donors (Lipinski definition) is 0. The maximum absolute atomic E-state index is 12.1. The summed E-state index contributed by atoms with van der Waals surface area (Å²) in [7, 11) is -4.04. The lowest BCUT2D eigenvalue weighted by Gasteiger charge is -2.13. The third-order valence-electron chi connectivity index (χ3n) is 2.27. The van der Waals surface area contributed by atoms with E-state index in [9.17, 15) is 21.6 Å². The van der Waals surface area contributed by atoms with E-state index in [1.807, 2.05) is 0 Å². The van der Waals surface area contributed by atoms with Gasteiger partial charge in [0, 0.05) is 0 Å². The minimum Gasteiger partial charge on any atom is -0.266 e. The fraction of sp³-hybridized carbons (Fsp3) is 0.455. The molecule has 0 saturated carbocycles. The SMILES string of the molecule is Cc1ccc(S(=O)(=O)OCCC(Cl)C(F)(F)F)cc1. The zero-order valence-corrected chi connectivity index (χ0v) is 11.5. The second-order valence-electron chi connectivity index (χ2n) is 3.89. The van der Waals surface area contributed by atoms with Crippen LogP contribution in [0.15, 0.2) is 29.2 Å². The lowest BCUT2D eigenvalue weighted by Crippen LogP contribution is -2.25. The molecule has 0 radical (unpaired) electrons. The standard InChI is InChI=1S/C11H12ClF3O3S/c1-8-2-4-9(5-3-8)19(16,17)18-7-6-10(12)11(13,14)15/h2-5,10H,6-7H2,1H3. The van der Waals surface area contributed by atoms with Gasteiger partial charge in [0.05, 0.1) is 11.5 Å². The molecule has 3 nitrogen and oxygen atoms in total. The Morgan fingerprint density at radius 1 is 1.26 bits per heavy atom. The molecule has 0 aliphatic carbocycles. The number of alkyl halides is 4. The summed E-state index contributed by atoms with van der Waals surface area (Å²) in [6, 6.07) is 5.78. The largest absolute Gasteiger partial charge is 0.405 e. The van der Waals surface area contributed by atoms with Crippen molar-refractivity contribution < 1.29 is 25.8 Å². The molecule has 0 aliphatic rings. The molecule has 1 aromatic carbocycles. The highest BCUT2D eigenvalue weighted by molar-refractivity contribution is 7.86. The lowest BCUT2D eigenvalue weighted by atomic mass is 10.2. The highest BCUT2D eigenvalue weighted by atomic mass is 35.5. The summed E-state index contributed by atoms with van der Waals surface area (Å²) >= 11 is 5.05. The Kier molecular flexibility index (Phi) is 5.23. The first-order chi connectivity index (χ1) is 8.63. The van der Waals surface area contributed by atoms with Crippen molar-refractivity contribution in [2.45, 2.75) is 29.8 Å². The first kappa shape index (κ1) is 16.3. The van der Waals surface area contributed by atoms with Crippen molar-refractivity contribution in [3.63, 3.8) is 0 Å². The fourth-order valence-corrected chi connectivity index (χ4v) is 2.21. The lowest BCUT2D eigenvalue weighted by molar-refractivity contribution is -0.132. The second kappa shape index (κ2) is 6.11. The smallest absolute Gasteiger partial charge is 0.266 e. The summed E-state index contributed by atoms with van der Waals surface area (Å²) in [5, 5.41) is -2.12. The van der Waals surface area contributed by atoms with Crippen molar-refractivity contribution in [2.75, 3.05) is 6.61 Å². The van der Waals surface area contributed by atoms with E-state index in [1.165, 1.54) is 12.1 Å². The van der Waals surface area contributed by atoms with E-state index in [1.54, 1.807) is 19.1 Å². The van der Waals surface area contributed by atoms with Gasteiger partial charge in [0.1, 0.15) is 5.38 Å². The van der Waals surface area contributed by atoms with Gasteiger partial charge in [-0.3, -0.25) is 4.18 Å². The number of hydrogen-bond acceptors (Lipinski definition) is 3. The van der Waals surface area contributed by atoms with E-state index >= 15 is 0 Å². The van der Waals surface area contributed by atoms with Gasteiger partial charge in [0.2, 0.25) is 0 Å². The van der Waals surface area contributed by atoms with Gasteiger partial charge >= 0.3 is 6.18 Å². The molecule has 0 N–H and O–H groups in total. The van der Waals surface area contributed by atoms with Gasteiger partial charge in [-0.1, -0.05) is 17.7 Å². The summed E-state index contributed by atoms with van der Waals surface area (Å²) in [4.78, 5) is -0.101. The fourth-order valence-electron chi connectivity index (χ4n) is 1.20. The van der Waals surface area contributed by atoms with Crippen LogP contribution in [0.2, 0.25) is 0 Å². The molecule has 8 heteroatoms. The maximum Gasteiger partial charge on any atom is 0.405 e. The molecule has 0 aromatic heterocycles. The summed E-state index contributed by atoms with van der Waals surface area (Å²) in [5.41, 5.74) is 0.858. The van der Waals surface area contributed by atoms with E-state index in [0.717, 1.165) is 5.56 Å². The molecule has 19 heavy (non-hydrogen) atoms. The average Bonchev–Trinajstić information content (AvgIpc) is 2.28. The van der Waals surface area contributed by atoms with Gasteiger partial charge in [0.15, 0.2) is 0 Å². The Balaban J connectivity index is 2.60. The van der Waals surface area contributed by atoms with E-state index < -0.39 is 34.7 Å². The Hall–Kier alpha value is -0.790. The van der Waals surface area contributed by atoms with E-state index in [0.29, 0.717) is 0 Å². The summed E-state index contributed by atoms with van der Waals surface area (Å²) in [6.07, 6.45) is -5.20. The van der Waals surface area contributed by atoms with Crippen LogP contribution in [0.3, 0.4) is 0 Å². The molecule has 0 saturated heterocycles. The number of aryl methyl sites for hydroxylation is 1. The van der Waals surface area contributed by atoms with Crippen LogP contribution in [-0.2, 0) is 14.3 Å². The van der Waals surface area contributed by atoms with Crippen LogP contribution in [-0.4, -0.2) is 26.6 Å². The van der Waals surface area contributed by atoms with Crippen LogP contribution >= 0.6 is 11.6 Å². The zero-order chi connectivity index (χ0) is 14.7. The first-order valence-electron chi connectivity index (χ1n) is 5.30. The molecule has 0 heterocycles. The van der Waals surface area contributed by atoms with Crippen LogP contribution < -0.4 is 0 Å². The molecule has 0 amide bonds. The molecule has 0 aliphatic heterocycles. The van der Waals surface area contributed by atoms with Gasteiger partial charge in [0.25, 0.3) is 10.1 Å². The normalized spacial score (nSPS) is 14.4. The van der Waals surface area contributed by atoms with Crippen molar-refractivity contribution in [2.24, 2.45) is 0 Å². The van der Waals surface area contributed by atoms with Gasteiger partial charge in [-0.15, -0.1) is 11.6 Å². The Labute approximate surface area is 114 Å². The van der Waals surface area contributed by atoms with E-state index in [4.69, 9.17) is 11.6 Å². The van der Waals surface area contributed by atoms with Crippen molar-refractivity contribution in [1.82, 2.24) is 0 Å². The number of rotatable bonds is 5. The van der Waals surface area contributed by atoms with Crippen molar-refractivity contribution >= 4 is 21.7 Å². The predicted molar refractivity (Wildman–Crippen MR) is 64.6 cm³/mol. The maximum atomic E-state index is 12.1. The highest BCUT2D eigenvalue weighted by Crippen LogP contribution is 2.27. The third-order valence-corrected chi connectivity index (χ3v) is 4.07. The molecule has 108 valence electrons. The molecule has 1 rings (SSSR count). The van der Waals surface area contributed by atoms with Crippen molar-refractivity contribution in [3.8, 4) is 0 Å². The predicted octanol–water partition coefficient (Wildman–Crippen LogP) is 3.26. The molecule has 0 fully saturated rings. The molecule has 1 atom stereocenters. The average molecular weight is 317 g/mol. The summed E-state index contributed by atoms with van der Waals surface area (Å²) < 4.78 is 64.1. The molecular formula is C11H12ClF3O3S. The van der Waals surface area contributed by atoms with Gasteiger partial charge in [-0.25, -0.2) is 0 Å². The Morgan fingerprint density at radius 3 is 2.26 bits per heavy atom. The molecule has 1 unspecified atom stereocenters.